The van der Waals surface area contributed by atoms with Gasteiger partial charge in [-0.15, -0.1) is 0 Å². The van der Waals surface area contributed by atoms with Crippen LogP contribution in [-0.4, -0.2) is 9.49 Å². The van der Waals surface area contributed by atoms with Crippen molar-refractivity contribution in [3.63, 3.8) is 0 Å². The normalized spacial score (nSPS) is 10.5. The van der Waals surface area contributed by atoms with Gasteiger partial charge in [0.25, 0.3) is 5.69 Å². The molecule has 0 aliphatic rings. The van der Waals surface area contributed by atoms with E-state index in [2.05, 4.69) is 29.1 Å². The zero-order valence-corrected chi connectivity index (χ0v) is 11.8. The smallest absolute Gasteiger partial charge is 0.269 e. The molecule has 0 atom stereocenters. The topological polar surface area (TPSA) is 60.1 Å². The molecule has 0 radical (unpaired) electrons. The zero-order valence-electron chi connectivity index (χ0n) is 11.8. The van der Waals surface area contributed by atoms with Crippen LogP contribution in [0, 0.1) is 17.0 Å². The van der Waals surface area contributed by atoms with E-state index in [9.17, 15) is 10.1 Å². The molecule has 0 fully saturated rings. The number of nitro groups is 1. The number of nitrogens with one attached hydrogen (secondary N) is 1. The van der Waals surface area contributed by atoms with E-state index in [0.29, 0.717) is 6.54 Å². The van der Waals surface area contributed by atoms with E-state index < -0.39 is 0 Å². The molecule has 2 aromatic rings. The number of nitro benzene ring substituents is 1. The summed E-state index contributed by atoms with van der Waals surface area (Å²) >= 11 is 0. The first-order valence-electron chi connectivity index (χ1n) is 6.74. The van der Waals surface area contributed by atoms with Gasteiger partial charge in [0.2, 0.25) is 0 Å². The minimum absolute atomic E-state index is 0.127. The zero-order chi connectivity index (χ0) is 14.5. The van der Waals surface area contributed by atoms with E-state index in [4.69, 9.17) is 0 Å². The Morgan fingerprint density at radius 1 is 1.35 bits per heavy atom. The molecule has 0 aliphatic heterocycles. The summed E-state index contributed by atoms with van der Waals surface area (Å²) in [6.07, 6.45) is 3.17. The van der Waals surface area contributed by atoms with Crippen LogP contribution in [0.3, 0.4) is 0 Å². The van der Waals surface area contributed by atoms with Gasteiger partial charge in [-0.05, 0) is 37.1 Å². The van der Waals surface area contributed by atoms with E-state index in [1.54, 1.807) is 12.1 Å². The van der Waals surface area contributed by atoms with Crippen LogP contribution in [0.5, 0.6) is 0 Å². The molecular weight excluding hydrogens is 254 g/mol. The van der Waals surface area contributed by atoms with Crippen LogP contribution in [0.4, 0.5) is 11.4 Å². The lowest BCUT2D eigenvalue weighted by Gasteiger charge is -2.12. The van der Waals surface area contributed by atoms with Gasteiger partial charge in [-0.3, -0.25) is 10.1 Å². The summed E-state index contributed by atoms with van der Waals surface area (Å²) in [5.74, 6) is 0. The molecule has 0 spiro atoms. The molecule has 0 bridgehead atoms. The number of nitrogens with zero attached hydrogens (tertiary/aromatic N) is 2. The molecule has 1 N–H and O–H groups in total. The molecule has 0 saturated heterocycles. The summed E-state index contributed by atoms with van der Waals surface area (Å²) in [6, 6.07) is 9.01. The maximum absolute atomic E-state index is 10.7. The molecule has 106 valence electrons. The fraction of sp³-hybridized carbons (Fsp3) is 0.333. The molecule has 5 nitrogen and oxygen atoms in total. The average Bonchev–Trinajstić information content (AvgIpc) is 2.85. The standard InChI is InChI=1S/C15H19N3O2/c1-3-8-17-9-4-5-14(17)11-16-15-7-6-13(18(19)20)10-12(15)2/h4-7,9-10,16H,3,8,11H2,1-2H3. The van der Waals surface area contributed by atoms with Crippen LogP contribution in [0.15, 0.2) is 36.5 Å². The monoisotopic (exact) mass is 273 g/mol. The van der Waals surface area contributed by atoms with Crippen LogP contribution in [0.1, 0.15) is 24.6 Å². The maximum atomic E-state index is 10.7. The van der Waals surface area contributed by atoms with Crippen molar-refractivity contribution in [3.8, 4) is 0 Å². The number of aryl methyl sites for hydroxylation is 2. The van der Waals surface area contributed by atoms with E-state index in [-0.39, 0.29) is 10.6 Å². The number of hydrogen-bond donors (Lipinski definition) is 1. The van der Waals surface area contributed by atoms with E-state index >= 15 is 0 Å². The van der Waals surface area contributed by atoms with Gasteiger partial charge in [-0.25, -0.2) is 0 Å². The van der Waals surface area contributed by atoms with Crippen LogP contribution in [-0.2, 0) is 13.1 Å². The molecule has 1 heterocycles. The lowest BCUT2D eigenvalue weighted by atomic mass is 10.2. The second kappa shape index (κ2) is 6.23. The number of aromatic nitrogens is 1. The molecule has 1 aromatic heterocycles. The predicted molar refractivity (Wildman–Crippen MR) is 79.9 cm³/mol. The third-order valence-electron chi connectivity index (χ3n) is 3.27. The van der Waals surface area contributed by atoms with E-state index in [0.717, 1.165) is 24.2 Å². The first kappa shape index (κ1) is 14.1. The maximum Gasteiger partial charge on any atom is 0.269 e. The van der Waals surface area contributed by atoms with Crippen molar-refractivity contribution in [2.45, 2.75) is 33.4 Å². The Labute approximate surface area is 118 Å². The lowest BCUT2D eigenvalue weighted by molar-refractivity contribution is -0.384. The minimum atomic E-state index is -0.372. The minimum Gasteiger partial charge on any atom is -0.379 e. The SMILES string of the molecule is CCCn1cccc1CNc1ccc([N+](=O)[O-])cc1C. The van der Waals surface area contributed by atoms with Gasteiger partial charge >= 0.3 is 0 Å². The summed E-state index contributed by atoms with van der Waals surface area (Å²) < 4.78 is 2.22. The number of rotatable bonds is 6. The highest BCUT2D eigenvalue weighted by molar-refractivity contribution is 5.55. The summed E-state index contributed by atoms with van der Waals surface area (Å²) in [7, 11) is 0. The Balaban J connectivity index is 2.07. The third-order valence-corrected chi connectivity index (χ3v) is 3.27. The Morgan fingerprint density at radius 3 is 2.80 bits per heavy atom. The van der Waals surface area contributed by atoms with Crippen molar-refractivity contribution < 1.29 is 4.92 Å². The fourth-order valence-electron chi connectivity index (χ4n) is 2.21. The number of benzene rings is 1. The molecule has 0 amide bonds. The fourth-order valence-corrected chi connectivity index (χ4v) is 2.21. The van der Waals surface area contributed by atoms with Gasteiger partial charge in [-0.1, -0.05) is 6.92 Å². The second-order valence-electron chi connectivity index (χ2n) is 4.80. The van der Waals surface area contributed by atoms with Crippen LogP contribution in [0.2, 0.25) is 0 Å². The van der Waals surface area contributed by atoms with E-state index in [1.807, 2.05) is 13.0 Å². The quantitative estimate of drug-likeness (QED) is 0.644. The van der Waals surface area contributed by atoms with Gasteiger partial charge in [0.05, 0.1) is 11.5 Å². The molecule has 5 heteroatoms. The summed E-state index contributed by atoms with van der Waals surface area (Å²) in [5, 5.41) is 14.0. The third kappa shape index (κ3) is 3.17. The Hall–Kier alpha value is -2.30. The number of hydrogen-bond acceptors (Lipinski definition) is 3. The number of non-ortho nitro benzene ring substituents is 1. The van der Waals surface area contributed by atoms with Crippen LogP contribution >= 0.6 is 0 Å². The second-order valence-corrected chi connectivity index (χ2v) is 4.80. The Kier molecular flexibility index (Phi) is 4.40. The van der Waals surface area contributed by atoms with Crippen molar-refractivity contribution >= 4 is 11.4 Å². The molecule has 0 unspecified atom stereocenters. The molecule has 2 rings (SSSR count). The van der Waals surface area contributed by atoms with Gasteiger partial charge in [0.1, 0.15) is 0 Å². The van der Waals surface area contributed by atoms with Crippen molar-refractivity contribution in [2.75, 3.05) is 5.32 Å². The highest BCUT2D eigenvalue weighted by Gasteiger charge is 2.08. The highest BCUT2D eigenvalue weighted by atomic mass is 16.6. The van der Waals surface area contributed by atoms with Crippen molar-refractivity contribution in [3.05, 3.63) is 57.9 Å². The van der Waals surface area contributed by atoms with Gasteiger partial charge in [-0.2, -0.15) is 0 Å². The first-order valence-corrected chi connectivity index (χ1v) is 6.74. The Bertz CT molecular complexity index is 605. The predicted octanol–water partition coefficient (Wildman–Crippen LogP) is 3.73. The molecular formula is C15H19N3O2. The van der Waals surface area contributed by atoms with Crippen LogP contribution < -0.4 is 5.32 Å². The average molecular weight is 273 g/mol. The van der Waals surface area contributed by atoms with Crippen molar-refractivity contribution in [1.29, 1.82) is 0 Å². The summed E-state index contributed by atoms with van der Waals surface area (Å²) in [4.78, 5) is 10.3. The lowest BCUT2D eigenvalue weighted by Crippen LogP contribution is -2.07. The molecule has 0 saturated carbocycles. The van der Waals surface area contributed by atoms with E-state index in [1.165, 1.54) is 11.8 Å². The largest absolute Gasteiger partial charge is 0.379 e. The summed E-state index contributed by atoms with van der Waals surface area (Å²) in [5.41, 5.74) is 3.15. The van der Waals surface area contributed by atoms with Gasteiger partial charge in [0.15, 0.2) is 0 Å². The van der Waals surface area contributed by atoms with Gasteiger partial charge < -0.3 is 9.88 Å². The molecule has 0 aliphatic carbocycles. The number of anilines is 1. The Morgan fingerprint density at radius 2 is 2.15 bits per heavy atom. The van der Waals surface area contributed by atoms with Crippen LogP contribution in [0.25, 0.3) is 0 Å². The summed E-state index contributed by atoms with van der Waals surface area (Å²) in [6.45, 7) is 5.74. The van der Waals surface area contributed by atoms with Crippen molar-refractivity contribution in [1.82, 2.24) is 4.57 Å². The van der Waals surface area contributed by atoms with Gasteiger partial charge in [0, 0.05) is 36.3 Å². The van der Waals surface area contributed by atoms with Crippen molar-refractivity contribution in [2.24, 2.45) is 0 Å². The molecule has 1 aromatic carbocycles. The molecule has 20 heavy (non-hydrogen) atoms. The first-order chi connectivity index (χ1) is 9.61. The highest BCUT2D eigenvalue weighted by Crippen LogP contribution is 2.21.